The molecule has 0 unspecified atom stereocenters. The third-order valence-electron chi connectivity index (χ3n) is 4.61. The van der Waals surface area contributed by atoms with Crippen LogP contribution < -0.4 is 9.64 Å². The van der Waals surface area contributed by atoms with Crippen LogP contribution in [0.5, 0.6) is 5.75 Å². The number of methoxy groups -OCH3 is 2. The Hall–Kier alpha value is -3.65. The summed E-state index contributed by atoms with van der Waals surface area (Å²) in [6.07, 6.45) is 1.36. The Kier molecular flexibility index (Phi) is 5.89. The van der Waals surface area contributed by atoms with Gasteiger partial charge < -0.3 is 9.47 Å². The van der Waals surface area contributed by atoms with Gasteiger partial charge in [0.1, 0.15) is 5.75 Å². The van der Waals surface area contributed by atoms with Crippen molar-refractivity contribution in [3.8, 4) is 5.75 Å². The second-order valence-corrected chi connectivity index (χ2v) is 6.72. The van der Waals surface area contributed by atoms with Crippen LogP contribution >= 0.6 is 11.6 Å². The number of esters is 1. The van der Waals surface area contributed by atoms with Crippen LogP contribution in [0.15, 0.2) is 59.3 Å². The molecule has 2 aromatic carbocycles. The highest BCUT2D eigenvalue weighted by atomic mass is 35.5. The lowest BCUT2D eigenvalue weighted by Crippen LogP contribution is -2.24. The number of nitrogens with zero attached hydrogens (tertiary/aromatic N) is 2. The topological polar surface area (TPSA) is 99.0 Å². The van der Waals surface area contributed by atoms with E-state index in [1.54, 1.807) is 31.2 Å². The summed E-state index contributed by atoms with van der Waals surface area (Å²) in [6.45, 7) is 1.62. The molecule has 0 bridgehead atoms. The summed E-state index contributed by atoms with van der Waals surface area (Å²) in [5, 5.41) is 11.3. The van der Waals surface area contributed by atoms with Crippen LogP contribution in [-0.2, 0) is 14.3 Å². The van der Waals surface area contributed by atoms with E-state index < -0.39 is 16.8 Å². The van der Waals surface area contributed by atoms with E-state index in [4.69, 9.17) is 21.1 Å². The molecule has 0 radical (unpaired) electrons. The first-order chi connectivity index (χ1) is 14.3. The number of halogens is 1. The molecule has 2 aromatic rings. The summed E-state index contributed by atoms with van der Waals surface area (Å²) < 4.78 is 9.99. The second-order valence-electron chi connectivity index (χ2n) is 6.31. The molecule has 3 rings (SSSR count). The maximum Gasteiger partial charge on any atom is 0.340 e. The Bertz CT molecular complexity index is 1100. The quantitative estimate of drug-likeness (QED) is 0.307. The van der Waals surface area contributed by atoms with Crippen LogP contribution in [0.2, 0.25) is 5.02 Å². The van der Waals surface area contributed by atoms with Crippen molar-refractivity contribution in [2.75, 3.05) is 19.1 Å². The predicted octanol–water partition coefficient (Wildman–Crippen LogP) is 4.13. The van der Waals surface area contributed by atoms with Crippen molar-refractivity contribution in [2.45, 2.75) is 6.92 Å². The van der Waals surface area contributed by atoms with Crippen LogP contribution in [0.4, 0.5) is 11.4 Å². The zero-order chi connectivity index (χ0) is 22.0. The predicted molar refractivity (Wildman–Crippen MR) is 111 cm³/mol. The van der Waals surface area contributed by atoms with Crippen molar-refractivity contribution in [2.24, 2.45) is 0 Å². The van der Waals surface area contributed by atoms with Gasteiger partial charge in [0.15, 0.2) is 0 Å². The third-order valence-corrected chi connectivity index (χ3v) is 4.95. The maximum atomic E-state index is 13.2. The fraction of sp³-hybridized carbons (Fsp3) is 0.143. The number of carbonyl (C=O) groups is 2. The number of hydrogen-bond acceptors (Lipinski definition) is 6. The summed E-state index contributed by atoms with van der Waals surface area (Å²) in [7, 11) is 2.74. The van der Waals surface area contributed by atoms with Crippen molar-refractivity contribution in [1.29, 1.82) is 0 Å². The molecule has 8 nitrogen and oxygen atoms in total. The van der Waals surface area contributed by atoms with Gasteiger partial charge in [-0.3, -0.25) is 19.8 Å². The van der Waals surface area contributed by atoms with E-state index in [-0.39, 0.29) is 27.4 Å². The molecule has 0 fully saturated rings. The molecule has 30 heavy (non-hydrogen) atoms. The van der Waals surface area contributed by atoms with E-state index in [0.717, 1.165) is 0 Å². The third kappa shape index (κ3) is 3.77. The number of hydrogen-bond donors (Lipinski definition) is 0. The molecule has 0 atom stereocenters. The molecule has 0 spiro atoms. The zero-order valence-corrected chi connectivity index (χ0v) is 17.1. The number of rotatable bonds is 5. The van der Waals surface area contributed by atoms with E-state index >= 15 is 0 Å². The van der Waals surface area contributed by atoms with Crippen LogP contribution in [-0.4, -0.2) is 31.0 Å². The van der Waals surface area contributed by atoms with Crippen molar-refractivity contribution in [3.05, 3.63) is 80.0 Å². The Morgan fingerprint density at radius 2 is 1.83 bits per heavy atom. The molecular weight excluding hydrogens is 412 g/mol. The molecule has 0 saturated heterocycles. The largest absolute Gasteiger partial charge is 0.497 e. The summed E-state index contributed by atoms with van der Waals surface area (Å²) in [6, 6.07) is 10.6. The molecule has 154 valence electrons. The molecular formula is C21H17ClN2O6. The first kappa shape index (κ1) is 21.1. The van der Waals surface area contributed by atoms with Crippen LogP contribution in [0.3, 0.4) is 0 Å². The molecule has 9 heteroatoms. The van der Waals surface area contributed by atoms with Gasteiger partial charge in [0.25, 0.3) is 11.6 Å². The molecule has 1 amide bonds. The van der Waals surface area contributed by atoms with Crippen LogP contribution in [0.25, 0.3) is 6.08 Å². The van der Waals surface area contributed by atoms with Crippen molar-refractivity contribution < 1.29 is 24.0 Å². The number of amides is 1. The minimum absolute atomic E-state index is 0.0255. The Morgan fingerprint density at radius 3 is 2.40 bits per heavy atom. The summed E-state index contributed by atoms with van der Waals surface area (Å²) in [5.41, 5.74) is 1.01. The number of ether oxygens (including phenoxy) is 2. The summed E-state index contributed by atoms with van der Waals surface area (Å²) >= 11 is 6.17. The first-order valence-electron chi connectivity index (χ1n) is 8.72. The van der Waals surface area contributed by atoms with Crippen LogP contribution in [0, 0.1) is 10.1 Å². The van der Waals surface area contributed by atoms with Gasteiger partial charge >= 0.3 is 5.97 Å². The number of allylic oxidation sites excluding steroid dienone is 1. The molecule has 1 heterocycles. The SMILES string of the molecule is COC(=O)C1=C(C)N(c2ccc(OC)cc2)C(=O)/C1=C\c1cc([N+](=O)[O-])ccc1Cl. The lowest BCUT2D eigenvalue weighted by atomic mass is 10.0. The minimum Gasteiger partial charge on any atom is -0.497 e. The van der Waals surface area contributed by atoms with Gasteiger partial charge in [0, 0.05) is 34.1 Å². The molecule has 1 aliphatic heterocycles. The Morgan fingerprint density at radius 1 is 1.17 bits per heavy atom. The number of nitro benzene ring substituents is 1. The molecule has 1 aliphatic rings. The molecule has 0 saturated carbocycles. The maximum absolute atomic E-state index is 13.2. The highest BCUT2D eigenvalue weighted by molar-refractivity contribution is 6.32. The molecule has 0 aromatic heterocycles. The smallest absolute Gasteiger partial charge is 0.340 e. The van der Waals surface area contributed by atoms with E-state index in [1.165, 1.54) is 43.4 Å². The van der Waals surface area contributed by atoms with Gasteiger partial charge in [-0.25, -0.2) is 4.79 Å². The highest BCUT2D eigenvalue weighted by Crippen LogP contribution is 2.37. The van der Waals surface area contributed by atoms with Gasteiger partial charge in [0.05, 0.1) is 30.3 Å². The number of non-ortho nitro benzene ring substituents is 1. The lowest BCUT2D eigenvalue weighted by Gasteiger charge is -2.18. The summed E-state index contributed by atoms with van der Waals surface area (Å²) in [4.78, 5) is 37.6. The Balaban J connectivity index is 2.15. The van der Waals surface area contributed by atoms with E-state index in [1.807, 2.05) is 0 Å². The zero-order valence-electron chi connectivity index (χ0n) is 16.3. The van der Waals surface area contributed by atoms with Crippen LogP contribution in [0.1, 0.15) is 12.5 Å². The van der Waals surface area contributed by atoms with Gasteiger partial charge in [-0.05, 0) is 43.3 Å². The minimum atomic E-state index is -0.704. The molecule has 0 aliphatic carbocycles. The van der Waals surface area contributed by atoms with Crippen molar-refractivity contribution >= 4 is 40.9 Å². The first-order valence-corrected chi connectivity index (χ1v) is 9.10. The van der Waals surface area contributed by atoms with Gasteiger partial charge in [-0.15, -0.1) is 0 Å². The van der Waals surface area contributed by atoms with Gasteiger partial charge in [0.2, 0.25) is 0 Å². The fourth-order valence-electron chi connectivity index (χ4n) is 3.13. The average Bonchev–Trinajstić information content (AvgIpc) is 2.98. The fourth-order valence-corrected chi connectivity index (χ4v) is 3.31. The van der Waals surface area contributed by atoms with E-state index in [9.17, 15) is 19.7 Å². The van der Waals surface area contributed by atoms with Crippen molar-refractivity contribution in [3.63, 3.8) is 0 Å². The number of carbonyl (C=O) groups excluding carboxylic acids is 2. The van der Waals surface area contributed by atoms with Crippen molar-refractivity contribution in [1.82, 2.24) is 0 Å². The molecule has 0 N–H and O–H groups in total. The highest BCUT2D eigenvalue weighted by Gasteiger charge is 2.38. The van der Waals surface area contributed by atoms with E-state index in [0.29, 0.717) is 17.1 Å². The normalized spacial score (nSPS) is 15.0. The second kappa shape index (κ2) is 8.38. The number of anilines is 1. The number of nitro groups is 1. The number of benzene rings is 2. The van der Waals surface area contributed by atoms with Gasteiger partial charge in [-0.2, -0.15) is 0 Å². The summed E-state index contributed by atoms with van der Waals surface area (Å²) in [5.74, 6) is -0.579. The monoisotopic (exact) mass is 428 g/mol. The van der Waals surface area contributed by atoms with Gasteiger partial charge in [-0.1, -0.05) is 11.6 Å². The average molecular weight is 429 g/mol. The standard InChI is InChI=1S/C21H17ClN2O6/c1-12-19(21(26)30-3)17(11-13-10-15(24(27)28)6-9-18(13)22)20(25)23(12)14-4-7-16(29-2)8-5-14/h4-11H,1-3H3/b17-11-. The Labute approximate surface area is 177 Å². The lowest BCUT2D eigenvalue weighted by molar-refractivity contribution is -0.384. The van der Waals surface area contributed by atoms with E-state index in [2.05, 4.69) is 0 Å².